The molecule has 0 aliphatic heterocycles. The number of thiocarbonyl (C=S) groups is 1. The third-order valence-electron chi connectivity index (χ3n) is 2.97. The van der Waals surface area contributed by atoms with Crippen LogP contribution >= 0.6 is 35.4 Å². The monoisotopic (exact) mass is 395 g/mol. The lowest BCUT2D eigenvalue weighted by Gasteiger charge is -2.09. The second-order valence-electron chi connectivity index (χ2n) is 4.72. The maximum atomic E-state index is 11.9. The highest BCUT2D eigenvalue weighted by Crippen LogP contribution is 2.26. The van der Waals surface area contributed by atoms with Crippen LogP contribution in [-0.4, -0.2) is 15.9 Å². The van der Waals surface area contributed by atoms with Crippen molar-refractivity contribution in [2.45, 2.75) is 0 Å². The smallest absolute Gasteiger partial charge is 0.271 e. The number of nitrogens with one attached hydrogen (secondary N) is 2. The van der Waals surface area contributed by atoms with Crippen LogP contribution < -0.4 is 10.6 Å². The van der Waals surface area contributed by atoms with Crippen LogP contribution in [0.2, 0.25) is 10.0 Å². The van der Waals surface area contributed by atoms with Gasteiger partial charge in [0, 0.05) is 23.2 Å². The first kappa shape index (κ1) is 18.9. The summed E-state index contributed by atoms with van der Waals surface area (Å²) in [6.07, 6.45) is 2.84. The van der Waals surface area contributed by atoms with Crippen molar-refractivity contribution in [2.75, 3.05) is 5.32 Å². The topological polar surface area (TPSA) is 84.3 Å². The first-order valence-corrected chi connectivity index (χ1v) is 8.02. The summed E-state index contributed by atoms with van der Waals surface area (Å²) in [5.74, 6) is -0.463. The Bertz CT molecular complexity index is 871. The number of amides is 1. The van der Waals surface area contributed by atoms with E-state index in [1.807, 2.05) is 0 Å². The Kier molecular flexibility index (Phi) is 6.46. The van der Waals surface area contributed by atoms with E-state index in [9.17, 15) is 14.9 Å². The van der Waals surface area contributed by atoms with Gasteiger partial charge in [-0.2, -0.15) is 0 Å². The zero-order valence-electron chi connectivity index (χ0n) is 12.5. The van der Waals surface area contributed by atoms with Crippen molar-refractivity contribution in [1.29, 1.82) is 0 Å². The van der Waals surface area contributed by atoms with Crippen molar-refractivity contribution >= 4 is 63.9 Å². The van der Waals surface area contributed by atoms with E-state index in [1.54, 1.807) is 30.3 Å². The van der Waals surface area contributed by atoms with Crippen LogP contribution in [0.5, 0.6) is 0 Å². The summed E-state index contributed by atoms with van der Waals surface area (Å²) in [6, 6.07) is 10.9. The Morgan fingerprint density at radius 1 is 1.16 bits per heavy atom. The summed E-state index contributed by atoms with van der Waals surface area (Å²) >= 11 is 17.0. The van der Waals surface area contributed by atoms with Gasteiger partial charge in [-0.1, -0.05) is 41.4 Å². The van der Waals surface area contributed by atoms with Gasteiger partial charge in [-0.05, 0) is 36.0 Å². The number of hydrogen-bond acceptors (Lipinski definition) is 4. The number of nitrogens with zero attached hydrogens (tertiary/aromatic N) is 1. The molecule has 2 aromatic carbocycles. The Balaban J connectivity index is 1.97. The number of carbonyl (C=O) groups is 1. The van der Waals surface area contributed by atoms with Crippen molar-refractivity contribution in [2.24, 2.45) is 0 Å². The third-order valence-corrected chi connectivity index (χ3v) is 3.83. The predicted octanol–water partition coefficient (Wildman–Crippen LogP) is 4.43. The highest BCUT2D eigenvalue weighted by Gasteiger charge is 2.11. The van der Waals surface area contributed by atoms with E-state index in [1.165, 1.54) is 24.3 Å². The molecule has 0 radical (unpaired) electrons. The molecule has 0 bridgehead atoms. The van der Waals surface area contributed by atoms with Crippen molar-refractivity contribution < 1.29 is 9.72 Å². The summed E-state index contributed by atoms with van der Waals surface area (Å²) in [5, 5.41) is 16.4. The van der Waals surface area contributed by atoms with Crippen molar-refractivity contribution in [3.8, 4) is 0 Å². The zero-order valence-corrected chi connectivity index (χ0v) is 14.9. The number of rotatable bonds is 4. The molecule has 6 nitrogen and oxygen atoms in total. The molecule has 2 N–H and O–H groups in total. The van der Waals surface area contributed by atoms with Gasteiger partial charge < -0.3 is 5.32 Å². The molecule has 0 aliphatic carbocycles. The van der Waals surface area contributed by atoms with Gasteiger partial charge in [-0.25, -0.2) is 0 Å². The fourth-order valence-corrected chi connectivity index (χ4v) is 2.43. The first-order valence-electron chi connectivity index (χ1n) is 6.85. The number of carbonyl (C=O) groups excluding carboxylic acids is 1. The lowest BCUT2D eigenvalue weighted by molar-refractivity contribution is -0.384. The van der Waals surface area contributed by atoms with Gasteiger partial charge in [0.1, 0.15) is 0 Å². The number of nitro benzene ring substituents is 1. The third kappa shape index (κ3) is 5.53. The zero-order chi connectivity index (χ0) is 18.4. The maximum Gasteiger partial charge on any atom is 0.271 e. The van der Waals surface area contributed by atoms with Crippen LogP contribution in [-0.2, 0) is 4.79 Å². The average molecular weight is 396 g/mol. The minimum atomic E-state index is -0.560. The van der Waals surface area contributed by atoms with Crippen molar-refractivity contribution in [3.05, 3.63) is 74.3 Å². The molecule has 0 unspecified atom stereocenters. The van der Waals surface area contributed by atoms with E-state index in [2.05, 4.69) is 10.6 Å². The molecule has 0 atom stereocenters. The normalized spacial score (nSPS) is 10.5. The predicted molar refractivity (Wildman–Crippen MR) is 103 cm³/mol. The second-order valence-corrected chi connectivity index (χ2v) is 5.94. The molecule has 25 heavy (non-hydrogen) atoms. The maximum absolute atomic E-state index is 11.9. The summed E-state index contributed by atoms with van der Waals surface area (Å²) in [7, 11) is 0. The molecule has 1 amide bonds. The van der Waals surface area contributed by atoms with Gasteiger partial charge in [0.2, 0.25) is 5.91 Å². The Labute approximate surface area is 158 Å². The lowest BCUT2D eigenvalue weighted by atomic mass is 10.2. The molecular formula is C16H11Cl2N3O3S. The van der Waals surface area contributed by atoms with Crippen LogP contribution in [0.1, 0.15) is 5.56 Å². The van der Waals surface area contributed by atoms with E-state index >= 15 is 0 Å². The molecule has 2 rings (SSSR count). The van der Waals surface area contributed by atoms with Gasteiger partial charge in [-0.3, -0.25) is 20.2 Å². The molecule has 0 aromatic heterocycles. The molecule has 0 aliphatic rings. The van der Waals surface area contributed by atoms with Gasteiger partial charge in [-0.15, -0.1) is 0 Å². The Morgan fingerprint density at radius 3 is 2.52 bits per heavy atom. The van der Waals surface area contributed by atoms with Gasteiger partial charge in [0.25, 0.3) is 5.69 Å². The van der Waals surface area contributed by atoms with Crippen LogP contribution in [0.15, 0.2) is 48.5 Å². The first-order chi connectivity index (χ1) is 11.9. The number of non-ortho nitro benzene ring substituents is 1. The molecule has 128 valence electrons. The molecule has 0 fully saturated rings. The van der Waals surface area contributed by atoms with Crippen LogP contribution in [0.25, 0.3) is 6.08 Å². The van der Waals surface area contributed by atoms with Gasteiger partial charge >= 0.3 is 0 Å². The highest BCUT2D eigenvalue weighted by atomic mass is 35.5. The second kappa shape index (κ2) is 8.57. The fourth-order valence-electron chi connectivity index (χ4n) is 1.80. The highest BCUT2D eigenvalue weighted by molar-refractivity contribution is 7.80. The van der Waals surface area contributed by atoms with Gasteiger partial charge in [0.15, 0.2) is 5.11 Å². The standard InChI is InChI=1S/C16H11Cl2N3O3S/c17-12-4-2-1-3-10(12)5-8-15(22)20-16(25)19-14-7-6-11(21(23)24)9-13(14)18/h1-9H,(H2,19,20,22,25)/b8-5+. The molecule has 9 heteroatoms. The summed E-state index contributed by atoms with van der Waals surface area (Å²) in [4.78, 5) is 22.0. The number of nitro groups is 1. The quantitative estimate of drug-likeness (QED) is 0.346. The Morgan fingerprint density at radius 2 is 1.88 bits per heavy atom. The van der Waals surface area contributed by atoms with E-state index < -0.39 is 10.8 Å². The number of anilines is 1. The summed E-state index contributed by atoms with van der Waals surface area (Å²) in [5.41, 5.74) is 0.887. The molecular weight excluding hydrogens is 385 g/mol. The molecule has 0 saturated carbocycles. The SMILES string of the molecule is O=C(/C=C/c1ccccc1Cl)NC(=S)Nc1ccc([N+](=O)[O-])cc1Cl. The van der Waals surface area contributed by atoms with Crippen LogP contribution in [0.3, 0.4) is 0 Å². The number of halogens is 2. The van der Waals surface area contributed by atoms with Crippen LogP contribution in [0.4, 0.5) is 11.4 Å². The van der Waals surface area contributed by atoms with E-state index in [-0.39, 0.29) is 15.8 Å². The summed E-state index contributed by atoms with van der Waals surface area (Å²) < 4.78 is 0. The molecule has 0 heterocycles. The molecule has 0 spiro atoms. The minimum absolute atomic E-state index is 0.00422. The Hall–Kier alpha value is -2.48. The lowest BCUT2D eigenvalue weighted by Crippen LogP contribution is -2.32. The largest absolute Gasteiger partial charge is 0.331 e. The van der Waals surface area contributed by atoms with E-state index in [4.69, 9.17) is 35.4 Å². The fraction of sp³-hybridized carbons (Fsp3) is 0. The van der Waals surface area contributed by atoms with Crippen LogP contribution in [0, 0.1) is 10.1 Å². The molecule has 2 aromatic rings. The van der Waals surface area contributed by atoms with Crippen molar-refractivity contribution in [1.82, 2.24) is 5.32 Å². The minimum Gasteiger partial charge on any atom is -0.331 e. The van der Waals surface area contributed by atoms with E-state index in [0.29, 0.717) is 16.3 Å². The van der Waals surface area contributed by atoms with E-state index in [0.717, 1.165) is 0 Å². The molecule has 0 saturated heterocycles. The van der Waals surface area contributed by atoms with Gasteiger partial charge in [0.05, 0.1) is 15.6 Å². The van der Waals surface area contributed by atoms with Crippen molar-refractivity contribution in [3.63, 3.8) is 0 Å². The number of benzene rings is 2. The summed E-state index contributed by atoms with van der Waals surface area (Å²) in [6.45, 7) is 0. The average Bonchev–Trinajstić information content (AvgIpc) is 2.55. The number of hydrogen-bond donors (Lipinski definition) is 2.